The van der Waals surface area contributed by atoms with Gasteiger partial charge in [-0.25, -0.2) is 9.07 Å². The summed E-state index contributed by atoms with van der Waals surface area (Å²) in [5.41, 5.74) is 1.19. The van der Waals surface area contributed by atoms with Crippen LogP contribution in [0, 0.1) is 5.82 Å². The van der Waals surface area contributed by atoms with Crippen LogP contribution in [0.25, 0.3) is 0 Å². The summed E-state index contributed by atoms with van der Waals surface area (Å²) in [6.07, 6.45) is 1.55. The number of aromatic nitrogens is 3. The van der Waals surface area contributed by atoms with Crippen LogP contribution in [0.1, 0.15) is 30.7 Å². The zero-order valence-corrected chi connectivity index (χ0v) is 11.4. The fourth-order valence-electron chi connectivity index (χ4n) is 1.75. The third-order valence-corrected chi connectivity index (χ3v) is 3.31. The quantitative estimate of drug-likeness (QED) is 0.944. The summed E-state index contributed by atoms with van der Waals surface area (Å²) in [5, 5.41) is 18.0. The Hall–Kier alpha value is -1.27. The normalized spacial score (nSPS) is 12.7. The number of aliphatic hydroxyl groups excluding tert-OH is 1. The Morgan fingerprint density at radius 1 is 1.50 bits per heavy atom. The molecule has 2 rings (SSSR count). The molecule has 4 nitrogen and oxygen atoms in total. The van der Waals surface area contributed by atoms with E-state index in [9.17, 15) is 9.50 Å². The van der Waals surface area contributed by atoms with E-state index in [4.69, 9.17) is 0 Å². The van der Waals surface area contributed by atoms with Crippen LogP contribution in [-0.2, 0) is 6.54 Å². The maximum absolute atomic E-state index is 13.0. The van der Waals surface area contributed by atoms with E-state index in [-0.39, 0.29) is 5.82 Å². The molecule has 18 heavy (non-hydrogen) atoms. The summed E-state index contributed by atoms with van der Waals surface area (Å²) in [5.74, 6) is -0.349. The van der Waals surface area contributed by atoms with Crippen molar-refractivity contribution >= 4 is 15.9 Å². The van der Waals surface area contributed by atoms with Crippen molar-refractivity contribution in [1.29, 1.82) is 0 Å². The van der Waals surface area contributed by atoms with Gasteiger partial charge in [0.05, 0.1) is 11.9 Å². The van der Waals surface area contributed by atoms with Gasteiger partial charge >= 0.3 is 0 Å². The molecule has 0 saturated heterocycles. The van der Waals surface area contributed by atoms with Crippen LogP contribution in [-0.4, -0.2) is 20.1 Å². The van der Waals surface area contributed by atoms with Crippen molar-refractivity contribution in [3.63, 3.8) is 0 Å². The first-order valence-corrected chi connectivity index (χ1v) is 6.44. The molecule has 6 heteroatoms. The Balaban J connectivity index is 2.35. The maximum Gasteiger partial charge on any atom is 0.124 e. The number of aryl methyl sites for hydroxylation is 1. The zero-order valence-electron chi connectivity index (χ0n) is 9.85. The van der Waals surface area contributed by atoms with Crippen molar-refractivity contribution < 1.29 is 9.50 Å². The zero-order chi connectivity index (χ0) is 13.1. The molecule has 0 amide bonds. The third-order valence-electron chi connectivity index (χ3n) is 2.62. The molecule has 1 unspecified atom stereocenters. The average molecular weight is 314 g/mol. The summed E-state index contributed by atoms with van der Waals surface area (Å²) >= 11 is 3.25. The standard InChI is InChI=1S/C12H13BrFN3O/c1-2-5-17-11(7-15-16-17)12(18)9-4-3-8(14)6-10(9)13/h3-4,6-7,12,18H,2,5H2,1H3. The summed E-state index contributed by atoms with van der Waals surface area (Å²) in [6, 6.07) is 4.19. The second kappa shape index (κ2) is 5.58. The lowest BCUT2D eigenvalue weighted by Crippen LogP contribution is -2.10. The highest BCUT2D eigenvalue weighted by Crippen LogP contribution is 2.28. The van der Waals surface area contributed by atoms with Gasteiger partial charge in [-0.1, -0.05) is 34.1 Å². The summed E-state index contributed by atoms with van der Waals surface area (Å²) in [7, 11) is 0. The van der Waals surface area contributed by atoms with Crippen LogP contribution in [0.4, 0.5) is 4.39 Å². The minimum atomic E-state index is -0.874. The number of hydrogen-bond donors (Lipinski definition) is 1. The Labute approximate surface area is 113 Å². The number of aliphatic hydroxyl groups is 1. The first-order valence-electron chi connectivity index (χ1n) is 5.65. The second-order valence-electron chi connectivity index (χ2n) is 3.95. The minimum absolute atomic E-state index is 0.349. The molecule has 1 N–H and O–H groups in total. The van der Waals surface area contributed by atoms with Crippen molar-refractivity contribution in [2.45, 2.75) is 26.0 Å². The van der Waals surface area contributed by atoms with Gasteiger partial charge in [-0.2, -0.15) is 0 Å². The van der Waals surface area contributed by atoms with Crippen LogP contribution >= 0.6 is 15.9 Å². The molecule has 96 valence electrons. The molecule has 1 heterocycles. The van der Waals surface area contributed by atoms with Crippen LogP contribution in [0.5, 0.6) is 0 Å². The van der Waals surface area contributed by atoms with E-state index in [1.807, 2.05) is 6.92 Å². The van der Waals surface area contributed by atoms with Gasteiger partial charge in [-0.15, -0.1) is 5.10 Å². The lowest BCUT2D eigenvalue weighted by atomic mass is 10.1. The molecule has 1 atom stereocenters. The molecule has 0 saturated carbocycles. The van der Waals surface area contributed by atoms with Gasteiger partial charge in [-0.05, 0) is 18.6 Å². The highest BCUT2D eigenvalue weighted by molar-refractivity contribution is 9.10. The average Bonchev–Trinajstić information content (AvgIpc) is 2.77. The topological polar surface area (TPSA) is 50.9 Å². The van der Waals surface area contributed by atoms with Gasteiger partial charge in [0.25, 0.3) is 0 Å². The van der Waals surface area contributed by atoms with Crippen molar-refractivity contribution in [1.82, 2.24) is 15.0 Å². The molecular formula is C12H13BrFN3O. The van der Waals surface area contributed by atoms with E-state index in [0.717, 1.165) is 6.42 Å². The third kappa shape index (κ3) is 2.59. The molecule has 0 aliphatic rings. The fraction of sp³-hybridized carbons (Fsp3) is 0.333. The van der Waals surface area contributed by atoms with E-state index < -0.39 is 6.10 Å². The predicted molar refractivity (Wildman–Crippen MR) is 68.5 cm³/mol. The molecule has 0 aliphatic heterocycles. The highest BCUT2D eigenvalue weighted by atomic mass is 79.9. The Morgan fingerprint density at radius 3 is 2.94 bits per heavy atom. The molecule has 0 aliphatic carbocycles. The van der Waals surface area contributed by atoms with E-state index in [1.165, 1.54) is 18.3 Å². The number of halogens is 2. The number of benzene rings is 1. The van der Waals surface area contributed by atoms with Crippen molar-refractivity contribution in [2.75, 3.05) is 0 Å². The van der Waals surface area contributed by atoms with Crippen LogP contribution < -0.4 is 0 Å². The first kappa shape index (κ1) is 13.2. The molecule has 1 aromatic heterocycles. The highest BCUT2D eigenvalue weighted by Gasteiger charge is 2.18. The van der Waals surface area contributed by atoms with Crippen molar-refractivity contribution in [2.24, 2.45) is 0 Å². The van der Waals surface area contributed by atoms with E-state index in [2.05, 4.69) is 26.2 Å². The van der Waals surface area contributed by atoms with E-state index in [1.54, 1.807) is 10.7 Å². The largest absolute Gasteiger partial charge is 0.382 e. The lowest BCUT2D eigenvalue weighted by Gasteiger charge is -2.13. The lowest BCUT2D eigenvalue weighted by molar-refractivity contribution is 0.206. The van der Waals surface area contributed by atoms with Crippen LogP contribution in [0.3, 0.4) is 0 Å². The molecule has 0 spiro atoms. The molecule has 0 radical (unpaired) electrons. The van der Waals surface area contributed by atoms with Gasteiger partial charge in [0.2, 0.25) is 0 Å². The van der Waals surface area contributed by atoms with Gasteiger partial charge < -0.3 is 5.11 Å². The summed E-state index contributed by atoms with van der Waals surface area (Å²) < 4.78 is 15.2. The molecule has 0 fully saturated rings. The summed E-state index contributed by atoms with van der Waals surface area (Å²) in [4.78, 5) is 0. The minimum Gasteiger partial charge on any atom is -0.382 e. The molecule has 0 bridgehead atoms. The maximum atomic E-state index is 13.0. The predicted octanol–water partition coefficient (Wildman–Crippen LogP) is 2.67. The van der Waals surface area contributed by atoms with E-state index in [0.29, 0.717) is 22.3 Å². The van der Waals surface area contributed by atoms with Gasteiger partial charge in [-0.3, -0.25) is 0 Å². The van der Waals surface area contributed by atoms with Gasteiger partial charge in [0, 0.05) is 16.6 Å². The van der Waals surface area contributed by atoms with E-state index >= 15 is 0 Å². The fourth-order valence-corrected chi connectivity index (χ4v) is 2.31. The van der Waals surface area contributed by atoms with Crippen molar-refractivity contribution in [3.8, 4) is 0 Å². The van der Waals surface area contributed by atoms with Gasteiger partial charge in [0.15, 0.2) is 0 Å². The molecule has 1 aromatic carbocycles. The second-order valence-corrected chi connectivity index (χ2v) is 4.80. The number of nitrogens with zero attached hydrogens (tertiary/aromatic N) is 3. The van der Waals surface area contributed by atoms with Gasteiger partial charge in [0.1, 0.15) is 11.9 Å². The molecular weight excluding hydrogens is 301 g/mol. The SMILES string of the molecule is CCCn1nncc1C(O)c1ccc(F)cc1Br. The van der Waals surface area contributed by atoms with Crippen LogP contribution in [0.2, 0.25) is 0 Å². The van der Waals surface area contributed by atoms with Crippen molar-refractivity contribution in [3.05, 3.63) is 45.9 Å². The Morgan fingerprint density at radius 2 is 2.28 bits per heavy atom. The Bertz CT molecular complexity index is 544. The number of rotatable bonds is 4. The number of hydrogen-bond acceptors (Lipinski definition) is 3. The monoisotopic (exact) mass is 313 g/mol. The van der Waals surface area contributed by atoms with Crippen LogP contribution in [0.15, 0.2) is 28.9 Å². The summed E-state index contributed by atoms with van der Waals surface area (Å²) in [6.45, 7) is 2.71. The smallest absolute Gasteiger partial charge is 0.124 e. The Kier molecular flexibility index (Phi) is 4.08. The first-order chi connectivity index (χ1) is 8.63. The molecule has 2 aromatic rings.